The van der Waals surface area contributed by atoms with Crippen LogP contribution in [0.3, 0.4) is 0 Å². The number of carbonyl (C=O) groups excluding carboxylic acids is 1. The Bertz CT molecular complexity index is 927. The Hall–Kier alpha value is -2.75. The Kier molecular flexibility index (Phi) is 5.84. The second-order valence-electron chi connectivity index (χ2n) is 7.41. The van der Waals surface area contributed by atoms with Gasteiger partial charge in [0.15, 0.2) is 0 Å². The molecule has 0 saturated heterocycles. The third-order valence-corrected chi connectivity index (χ3v) is 4.91. The van der Waals surface area contributed by atoms with Crippen LogP contribution in [0.1, 0.15) is 37.3 Å². The number of hydrogen-bond acceptors (Lipinski definition) is 2. The third-order valence-electron chi connectivity index (χ3n) is 4.91. The molecule has 0 saturated carbocycles. The van der Waals surface area contributed by atoms with E-state index in [4.69, 9.17) is 4.74 Å². The summed E-state index contributed by atoms with van der Waals surface area (Å²) in [7, 11) is 3.72. The molecule has 0 bridgehead atoms. The molecule has 0 aliphatic carbocycles. The minimum atomic E-state index is -0.0700. The first kappa shape index (κ1) is 19.0. The zero-order chi connectivity index (χ0) is 19.4. The van der Waals surface area contributed by atoms with Crippen LogP contribution in [0.2, 0.25) is 0 Å². The van der Waals surface area contributed by atoms with Gasteiger partial charge in [-0.25, -0.2) is 0 Å². The van der Waals surface area contributed by atoms with Gasteiger partial charge in [-0.3, -0.25) is 4.79 Å². The molecule has 1 N–H and O–H groups in total. The van der Waals surface area contributed by atoms with Crippen molar-refractivity contribution in [1.82, 2.24) is 9.88 Å². The maximum Gasteiger partial charge on any atom is 0.220 e. The summed E-state index contributed by atoms with van der Waals surface area (Å²) in [5.74, 6) is 1.23. The second-order valence-corrected chi connectivity index (χ2v) is 7.41. The van der Waals surface area contributed by atoms with E-state index in [2.05, 4.69) is 48.1 Å². The van der Waals surface area contributed by atoms with E-state index >= 15 is 0 Å². The first-order valence-corrected chi connectivity index (χ1v) is 9.44. The van der Waals surface area contributed by atoms with Crippen molar-refractivity contribution < 1.29 is 9.53 Å². The molecule has 1 heterocycles. The van der Waals surface area contributed by atoms with Gasteiger partial charge in [0.2, 0.25) is 5.91 Å². The van der Waals surface area contributed by atoms with Crippen molar-refractivity contribution >= 4 is 16.8 Å². The molecular weight excluding hydrogens is 336 g/mol. The first-order valence-electron chi connectivity index (χ1n) is 9.44. The average Bonchev–Trinajstić information content (AvgIpc) is 3.01. The molecule has 3 aromatic rings. The first-order chi connectivity index (χ1) is 13.0. The molecule has 0 aliphatic rings. The fourth-order valence-electron chi connectivity index (χ4n) is 3.57. The van der Waals surface area contributed by atoms with E-state index in [0.717, 1.165) is 22.4 Å². The number of para-hydroxylation sites is 2. The molecule has 4 nitrogen and oxygen atoms in total. The highest BCUT2D eigenvalue weighted by Gasteiger charge is 2.24. The predicted molar refractivity (Wildman–Crippen MR) is 110 cm³/mol. The van der Waals surface area contributed by atoms with Gasteiger partial charge in [-0.1, -0.05) is 50.2 Å². The van der Waals surface area contributed by atoms with Crippen molar-refractivity contribution in [3.8, 4) is 5.75 Å². The number of methoxy groups -OCH3 is 1. The van der Waals surface area contributed by atoms with E-state index in [9.17, 15) is 4.79 Å². The quantitative estimate of drug-likeness (QED) is 0.672. The van der Waals surface area contributed by atoms with Crippen molar-refractivity contribution in [2.75, 3.05) is 13.7 Å². The lowest BCUT2D eigenvalue weighted by molar-refractivity contribution is -0.121. The standard InChI is InChI=1S/C23H28N2O2/c1-16(2)14-24-23(26)13-19(18-10-6-8-12-22(18)27-4)20-15-25(3)21-11-7-5-9-17(20)21/h5-12,15-16,19H,13-14H2,1-4H3,(H,24,26). The van der Waals surface area contributed by atoms with Gasteiger partial charge in [0.05, 0.1) is 7.11 Å². The van der Waals surface area contributed by atoms with Crippen molar-refractivity contribution in [2.24, 2.45) is 13.0 Å². The van der Waals surface area contributed by atoms with Crippen LogP contribution in [0, 0.1) is 5.92 Å². The van der Waals surface area contributed by atoms with Crippen LogP contribution < -0.4 is 10.1 Å². The second kappa shape index (κ2) is 8.30. The summed E-state index contributed by atoms with van der Waals surface area (Å²) in [6.07, 6.45) is 2.53. The minimum Gasteiger partial charge on any atom is -0.496 e. The predicted octanol–water partition coefficient (Wildman–Crippen LogP) is 4.48. The lowest BCUT2D eigenvalue weighted by atomic mass is 9.87. The van der Waals surface area contributed by atoms with Crippen molar-refractivity contribution in [3.05, 3.63) is 65.9 Å². The lowest BCUT2D eigenvalue weighted by Gasteiger charge is -2.20. The largest absolute Gasteiger partial charge is 0.496 e. The van der Waals surface area contributed by atoms with Gasteiger partial charge in [0.1, 0.15) is 5.75 Å². The number of nitrogens with zero attached hydrogens (tertiary/aromatic N) is 1. The van der Waals surface area contributed by atoms with E-state index < -0.39 is 0 Å². The van der Waals surface area contributed by atoms with Gasteiger partial charge in [0.25, 0.3) is 0 Å². The summed E-state index contributed by atoms with van der Waals surface area (Å²) in [5.41, 5.74) is 3.35. The number of aryl methyl sites for hydroxylation is 1. The van der Waals surface area contributed by atoms with E-state index in [-0.39, 0.29) is 11.8 Å². The van der Waals surface area contributed by atoms with E-state index in [1.54, 1.807) is 7.11 Å². The molecule has 142 valence electrons. The number of amides is 1. The third kappa shape index (κ3) is 4.16. The van der Waals surface area contributed by atoms with Crippen LogP contribution >= 0.6 is 0 Å². The number of aromatic nitrogens is 1. The Morgan fingerprint density at radius 1 is 1.07 bits per heavy atom. The maximum atomic E-state index is 12.7. The molecule has 27 heavy (non-hydrogen) atoms. The number of carbonyl (C=O) groups is 1. The molecule has 0 aliphatic heterocycles. The molecule has 0 fully saturated rings. The fraction of sp³-hybridized carbons (Fsp3) is 0.348. The average molecular weight is 364 g/mol. The topological polar surface area (TPSA) is 43.3 Å². The van der Waals surface area contributed by atoms with Gasteiger partial charge in [0, 0.05) is 48.6 Å². The van der Waals surface area contributed by atoms with Crippen LogP contribution in [0.15, 0.2) is 54.7 Å². The highest BCUT2D eigenvalue weighted by atomic mass is 16.5. The molecule has 3 rings (SSSR count). The zero-order valence-corrected chi connectivity index (χ0v) is 16.5. The summed E-state index contributed by atoms with van der Waals surface area (Å²) in [4.78, 5) is 12.7. The summed E-state index contributed by atoms with van der Waals surface area (Å²) in [5, 5.41) is 4.23. The number of ether oxygens (including phenoxy) is 1. The SMILES string of the molecule is COc1ccccc1C(CC(=O)NCC(C)C)c1cn(C)c2ccccc12. The molecule has 0 radical (unpaired) electrons. The highest BCUT2D eigenvalue weighted by Crippen LogP contribution is 2.38. The van der Waals surface area contributed by atoms with Gasteiger partial charge in [-0.2, -0.15) is 0 Å². The van der Waals surface area contributed by atoms with Crippen molar-refractivity contribution in [1.29, 1.82) is 0 Å². The number of hydrogen-bond donors (Lipinski definition) is 1. The molecule has 1 unspecified atom stereocenters. The highest BCUT2D eigenvalue weighted by molar-refractivity contribution is 5.86. The summed E-state index contributed by atoms with van der Waals surface area (Å²) in [6.45, 7) is 4.89. The van der Waals surface area contributed by atoms with Crippen LogP contribution in [0.5, 0.6) is 5.75 Å². The summed E-state index contributed by atoms with van der Waals surface area (Å²) in [6, 6.07) is 16.3. The molecular formula is C23H28N2O2. The normalized spacial score (nSPS) is 12.3. The molecule has 4 heteroatoms. The van der Waals surface area contributed by atoms with Gasteiger partial charge in [-0.05, 0) is 23.6 Å². The molecule has 1 atom stereocenters. The maximum absolute atomic E-state index is 12.7. The molecule has 1 aromatic heterocycles. The van der Waals surface area contributed by atoms with Crippen LogP contribution in [0.25, 0.3) is 10.9 Å². The van der Waals surface area contributed by atoms with Crippen molar-refractivity contribution in [2.45, 2.75) is 26.2 Å². The minimum absolute atomic E-state index is 0.0625. The lowest BCUT2D eigenvalue weighted by Crippen LogP contribution is -2.28. The van der Waals surface area contributed by atoms with Gasteiger partial charge < -0.3 is 14.6 Å². The van der Waals surface area contributed by atoms with Gasteiger partial charge >= 0.3 is 0 Å². The van der Waals surface area contributed by atoms with Crippen LogP contribution in [0.4, 0.5) is 0 Å². The summed E-state index contributed by atoms with van der Waals surface area (Å²) < 4.78 is 7.73. The Morgan fingerprint density at radius 2 is 1.78 bits per heavy atom. The molecule has 1 amide bonds. The van der Waals surface area contributed by atoms with Crippen LogP contribution in [-0.4, -0.2) is 24.1 Å². The summed E-state index contributed by atoms with van der Waals surface area (Å²) >= 11 is 0. The van der Waals surface area contributed by atoms with E-state index in [1.165, 1.54) is 5.39 Å². The van der Waals surface area contributed by atoms with E-state index in [1.807, 2.05) is 37.4 Å². The zero-order valence-electron chi connectivity index (χ0n) is 16.5. The Balaban J connectivity index is 2.05. The van der Waals surface area contributed by atoms with E-state index in [0.29, 0.717) is 18.9 Å². The Labute approximate surface area is 161 Å². The number of benzene rings is 2. The number of rotatable bonds is 7. The van der Waals surface area contributed by atoms with Crippen molar-refractivity contribution in [3.63, 3.8) is 0 Å². The fourth-order valence-corrected chi connectivity index (χ4v) is 3.57. The smallest absolute Gasteiger partial charge is 0.220 e. The molecule has 2 aromatic carbocycles. The molecule has 0 spiro atoms. The Morgan fingerprint density at radius 3 is 2.52 bits per heavy atom. The van der Waals surface area contributed by atoms with Crippen LogP contribution in [-0.2, 0) is 11.8 Å². The monoisotopic (exact) mass is 364 g/mol. The van der Waals surface area contributed by atoms with Gasteiger partial charge in [-0.15, -0.1) is 0 Å². The number of fused-ring (bicyclic) bond motifs is 1. The number of nitrogens with one attached hydrogen (secondary N) is 1.